The van der Waals surface area contributed by atoms with Crippen LogP contribution in [-0.2, 0) is 20.5 Å². The van der Waals surface area contributed by atoms with Crippen molar-refractivity contribution in [3.63, 3.8) is 0 Å². The molecule has 4 atom stereocenters. The highest BCUT2D eigenvalue weighted by Crippen LogP contribution is 2.68. The van der Waals surface area contributed by atoms with Crippen LogP contribution < -0.4 is 24.8 Å². The van der Waals surface area contributed by atoms with E-state index in [1.54, 1.807) is 30.3 Å². The Hall–Kier alpha value is -4.08. The third-order valence-corrected chi connectivity index (χ3v) is 9.53. The van der Waals surface area contributed by atoms with E-state index in [0.717, 1.165) is 6.42 Å². The average molecular weight is 574 g/mol. The highest BCUT2D eigenvalue weighted by Gasteiger charge is 2.81. The van der Waals surface area contributed by atoms with Crippen LogP contribution in [0.3, 0.4) is 0 Å². The van der Waals surface area contributed by atoms with Gasteiger partial charge in [0.05, 0.1) is 27.2 Å². The van der Waals surface area contributed by atoms with E-state index in [0.29, 0.717) is 63.3 Å². The summed E-state index contributed by atoms with van der Waals surface area (Å²) < 4.78 is 16.6. The zero-order valence-electron chi connectivity index (χ0n) is 22.7. The van der Waals surface area contributed by atoms with Gasteiger partial charge in [-0.25, -0.2) is 0 Å². The van der Waals surface area contributed by atoms with Gasteiger partial charge >= 0.3 is 0 Å². The first-order valence-corrected chi connectivity index (χ1v) is 13.9. The Bertz CT molecular complexity index is 1630. The number of carbonyl (C=O) groups is 3. The molecule has 0 unspecified atom stereocenters. The zero-order valence-corrected chi connectivity index (χ0v) is 23.5. The van der Waals surface area contributed by atoms with Crippen LogP contribution in [0.2, 0.25) is 5.02 Å². The van der Waals surface area contributed by atoms with E-state index < -0.39 is 22.9 Å². The van der Waals surface area contributed by atoms with Crippen molar-refractivity contribution in [2.75, 3.05) is 38.5 Å². The number of amides is 2. The summed E-state index contributed by atoms with van der Waals surface area (Å²) in [4.78, 5) is 46.1. The number of hydrogen-bond donors (Lipinski definition) is 2. The van der Waals surface area contributed by atoms with E-state index >= 15 is 0 Å². The molecule has 0 radical (unpaired) electrons. The lowest BCUT2D eigenvalue weighted by Crippen LogP contribution is -2.62. The number of nitrogens with one attached hydrogen (secondary N) is 2. The molecule has 0 aromatic heterocycles. The molecule has 3 aromatic rings. The summed E-state index contributed by atoms with van der Waals surface area (Å²) in [7, 11) is 4.47. The summed E-state index contributed by atoms with van der Waals surface area (Å²) in [5, 5.41) is 6.51. The number of nitrogens with zero attached hydrogens (tertiary/aromatic N) is 1. The van der Waals surface area contributed by atoms with E-state index in [4.69, 9.17) is 25.8 Å². The minimum Gasteiger partial charge on any atom is -0.493 e. The average Bonchev–Trinajstić information content (AvgIpc) is 3.70. The van der Waals surface area contributed by atoms with Crippen molar-refractivity contribution < 1.29 is 28.6 Å². The van der Waals surface area contributed by atoms with Gasteiger partial charge in [-0.3, -0.25) is 19.3 Å². The number of ketones is 1. The predicted octanol–water partition coefficient (Wildman–Crippen LogP) is 4.38. The molecule has 0 bridgehead atoms. The number of ether oxygens (including phenoxy) is 3. The molecule has 210 valence electrons. The highest BCUT2D eigenvalue weighted by atomic mass is 35.5. The van der Waals surface area contributed by atoms with Gasteiger partial charge in [-0.05, 0) is 61.3 Å². The lowest BCUT2D eigenvalue weighted by molar-refractivity contribution is -0.137. The molecule has 7 rings (SSSR count). The number of methoxy groups -OCH3 is 3. The van der Waals surface area contributed by atoms with Gasteiger partial charge in [-0.2, -0.15) is 0 Å². The van der Waals surface area contributed by atoms with Gasteiger partial charge in [0.2, 0.25) is 11.7 Å². The SMILES string of the molecule is COc1cc(C(=O)[C@@H]2[C@@H]3CCCN3[C@]3(C(=O)Nc4ccc(Cl)cc43)[C@@]23C(=O)Nc2ccccc23)cc(OC)c1OC. The number of para-hydroxylation sites is 1. The number of Topliss-reactive ketones (excluding diaryl/α,β-unsaturated/α-hetero) is 1. The smallest absolute Gasteiger partial charge is 0.251 e. The van der Waals surface area contributed by atoms with Crippen molar-refractivity contribution in [2.24, 2.45) is 5.92 Å². The van der Waals surface area contributed by atoms with Gasteiger partial charge < -0.3 is 24.8 Å². The van der Waals surface area contributed by atoms with Crippen LogP contribution in [0.25, 0.3) is 0 Å². The summed E-state index contributed by atoms with van der Waals surface area (Å²) in [5.41, 5.74) is -0.374. The number of halogens is 1. The second-order valence-corrected chi connectivity index (χ2v) is 11.3. The Morgan fingerprint density at radius 3 is 2.29 bits per heavy atom. The summed E-state index contributed by atoms with van der Waals surface area (Å²) in [6.07, 6.45) is 1.41. The standard InChI is InChI=1S/C31H28ClN3O6/c1-39-23-13-16(14-24(40-2)27(23)41-3)26(36)25-22-9-6-12-35(22)31(19-15-17(32)10-11-21(19)34-29(31)38)30(25)18-7-4-5-8-20(18)33-28(30)37/h4-5,7-8,10-11,13-15,22,25H,6,9,12H2,1-3H3,(H,33,37)(H,34,38)/t22-,25-,30+,31+/m0/s1. The number of benzene rings is 3. The van der Waals surface area contributed by atoms with Gasteiger partial charge in [0.15, 0.2) is 17.3 Å². The van der Waals surface area contributed by atoms with Crippen LogP contribution in [0.1, 0.15) is 34.3 Å². The molecule has 2 spiro atoms. The van der Waals surface area contributed by atoms with Crippen molar-refractivity contribution in [1.29, 1.82) is 0 Å². The second kappa shape index (κ2) is 8.96. The van der Waals surface area contributed by atoms with Crippen LogP contribution in [0, 0.1) is 5.92 Å². The topological polar surface area (TPSA) is 106 Å². The number of hydrogen-bond acceptors (Lipinski definition) is 7. The first kappa shape index (κ1) is 25.9. The molecule has 2 fully saturated rings. The Labute approximate surface area is 241 Å². The van der Waals surface area contributed by atoms with Gasteiger partial charge in [0.1, 0.15) is 11.0 Å². The van der Waals surface area contributed by atoms with Crippen LogP contribution >= 0.6 is 11.6 Å². The molecular weight excluding hydrogens is 546 g/mol. The molecule has 3 aromatic carbocycles. The predicted molar refractivity (Wildman–Crippen MR) is 152 cm³/mol. The maximum absolute atomic E-state index is 15.0. The van der Waals surface area contributed by atoms with Gasteiger partial charge in [-0.1, -0.05) is 29.8 Å². The van der Waals surface area contributed by atoms with Crippen molar-refractivity contribution in [3.8, 4) is 17.2 Å². The Balaban J connectivity index is 1.55. The summed E-state index contributed by atoms with van der Waals surface area (Å²) in [5.74, 6) is -0.912. The fraction of sp³-hybridized carbons (Fsp3) is 0.323. The van der Waals surface area contributed by atoms with Crippen molar-refractivity contribution in [1.82, 2.24) is 4.90 Å². The monoisotopic (exact) mass is 573 g/mol. The van der Waals surface area contributed by atoms with E-state index in [9.17, 15) is 14.4 Å². The van der Waals surface area contributed by atoms with Crippen LogP contribution in [0.15, 0.2) is 54.6 Å². The lowest BCUT2D eigenvalue weighted by Gasteiger charge is -2.43. The summed E-state index contributed by atoms with van der Waals surface area (Å²) in [6, 6.07) is 15.4. The molecule has 10 heteroatoms. The zero-order chi connectivity index (χ0) is 28.7. The Morgan fingerprint density at radius 2 is 1.59 bits per heavy atom. The minimum atomic E-state index is -1.58. The summed E-state index contributed by atoms with van der Waals surface area (Å²) in [6.45, 7) is 0.542. The fourth-order valence-corrected chi connectivity index (χ4v) is 8.13. The number of anilines is 2. The maximum atomic E-state index is 15.0. The highest BCUT2D eigenvalue weighted by molar-refractivity contribution is 6.31. The lowest BCUT2D eigenvalue weighted by atomic mass is 9.57. The summed E-state index contributed by atoms with van der Waals surface area (Å²) >= 11 is 6.53. The molecule has 4 aliphatic rings. The van der Waals surface area contributed by atoms with Crippen molar-refractivity contribution >= 4 is 40.6 Å². The molecular formula is C31H28ClN3O6. The van der Waals surface area contributed by atoms with Crippen molar-refractivity contribution in [3.05, 3.63) is 76.3 Å². The van der Waals surface area contributed by atoms with E-state index in [1.807, 2.05) is 24.3 Å². The molecule has 0 aliphatic carbocycles. The first-order valence-electron chi connectivity index (χ1n) is 13.5. The first-order chi connectivity index (χ1) is 19.8. The van der Waals surface area contributed by atoms with Gasteiger partial charge in [0.25, 0.3) is 5.91 Å². The molecule has 4 heterocycles. The van der Waals surface area contributed by atoms with Gasteiger partial charge in [-0.15, -0.1) is 0 Å². The number of rotatable bonds is 5. The molecule has 9 nitrogen and oxygen atoms in total. The Morgan fingerprint density at radius 1 is 0.902 bits per heavy atom. The van der Waals surface area contributed by atoms with E-state index in [2.05, 4.69) is 15.5 Å². The third-order valence-electron chi connectivity index (χ3n) is 9.29. The molecule has 2 saturated heterocycles. The minimum absolute atomic E-state index is 0.284. The molecule has 41 heavy (non-hydrogen) atoms. The molecule has 2 amide bonds. The molecule has 4 aliphatic heterocycles. The van der Waals surface area contributed by atoms with Crippen LogP contribution in [0.5, 0.6) is 17.2 Å². The number of carbonyl (C=O) groups excluding carboxylic acids is 3. The largest absolute Gasteiger partial charge is 0.493 e. The van der Waals surface area contributed by atoms with Crippen molar-refractivity contribution in [2.45, 2.75) is 29.8 Å². The maximum Gasteiger partial charge on any atom is 0.251 e. The van der Waals surface area contributed by atoms with E-state index in [1.165, 1.54) is 21.3 Å². The normalized spacial score (nSPS) is 27.4. The molecule has 0 saturated carbocycles. The second-order valence-electron chi connectivity index (χ2n) is 10.8. The van der Waals surface area contributed by atoms with Gasteiger partial charge in [0, 0.05) is 33.6 Å². The molecule has 2 N–H and O–H groups in total. The third kappa shape index (κ3) is 3.02. The van der Waals surface area contributed by atoms with Crippen LogP contribution in [-0.4, -0.2) is 56.4 Å². The Kier molecular flexibility index (Phi) is 5.65. The van der Waals surface area contributed by atoms with E-state index in [-0.39, 0.29) is 17.6 Å². The number of fused-ring (bicyclic) bond motifs is 7. The fourth-order valence-electron chi connectivity index (χ4n) is 7.95. The quantitative estimate of drug-likeness (QED) is 0.436. The van der Waals surface area contributed by atoms with Crippen LogP contribution in [0.4, 0.5) is 11.4 Å².